The SMILES string of the molecule is COC(=O)c1ccc(NC(=O)Nc2ccc3c(C(=O)c4ccccc4)c(O)n(OC(=O)C(C)(C)C)c3c2)cc1. The van der Waals surface area contributed by atoms with Gasteiger partial charge in [0.05, 0.1) is 29.2 Å². The number of hydrogen-bond acceptors (Lipinski definition) is 7. The minimum atomic E-state index is -0.897. The van der Waals surface area contributed by atoms with Gasteiger partial charge in [0.2, 0.25) is 5.88 Å². The van der Waals surface area contributed by atoms with Crippen molar-refractivity contribution in [3.05, 3.63) is 89.5 Å². The molecule has 0 spiro atoms. The van der Waals surface area contributed by atoms with Crippen LogP contribution in [0.1, 0.15) is 47.1 Å². The molecule has 4 aromatic rings. The standard InChI is InChI=1S/C29H27N3O7/c1-29(2,3)27(36)39-32-22-16-20(31-28(37)30-19-12-10-18(11-13-19)26(35)38-4)14-15-21(22)23(25(32)34)24(33)17-8-6-5-7-9-17/h5-16,34H,1-4H3,(H2,30,31,37). The van der Waals surface area contributed by atoms with Crippen LogP contribution in [0.3, 0.4) is 0 Å². The van der Waals surface area contributed by atoms with E-state index < -0.39 is 35.0 Å². The zero-order valence-electron chi connectivity index (χ0n) is 21.8. The Hall–Kier alpha value is -5.12. The summed E-state index contributed by atoms with van der Waals surface area (Å²) in [7, 11) is 1.28. The summed E-state index contributed by atoms with van der Waals surface area (Å²) in [6.45, 7) is 4.97. The number of methoxy groups -OCH3 is 1. The minimum Gasteiger partial charge on any atom is -0.492 e. The van der Waals surface area contributed by atoms with Crippen molar-refractivity contribution in [2.75, 3.05) is 17.7 Å². The highest BCUT2D eigenvalue weighted by Gasteiger charge is 2.30. The molecule has 0 fully saturated rings. The number of ketones is 1. The maximum atomic E-state index is 13.3. The Bertz CT molecular complexity index is 1570. The fourth-order valence-corrected chi connectivity index (χ4v) is 3.70. The fraction of sp³-hybridized carbons (Fsp3) is 0.172. The Kier molecular flexibility index (Phi) is 7.39. The molecule has 39 heavy (non-hydrogen) atoms. The van der Waals surface area contributed by atoms with Crippen molar-refractivity contribution in [1.29, 1.82) is 0 Å². The summed E-state index contributed by atoms with van der Waals surface area (Å²) in [6.07, 6.45) is 0. The first kappa shape index (κ1) is 26.9. The van der Waals surface area contributed by atoms with E-state index in [2.05, 4.69) is 15.4 Å². The highest BCUT2D eigenvalue weighted by atomic mass is 16.7. The lowest BCUT2D eigenvalue weighted by atomic mass is 9.98. The van der Waals surface area contributed by atoms with E-state index in [1.807, 2.05) is 0 Å². The number of esters is 1. The highest BCUT2D eigenvalue weighted by Crippen LogP contribution is 2.34. The Morgan fingerprint density at radius 2 is 1.44 bits per heavy atom. The topological polar surface area (TPSA) is 136 Å². The lowest BCUT2D eigenvalue weighted by molar-refractivity contribution is -0.153. The van der Waals surface area contributed by atoms with Crippen LogP contribution in [-0.4, -0.2) is 40.7 Å². The number of rotatable bonds is 6. The molecule has 0 aliphatic rings. The second kappa shape index (κ2) is 10.7. The van der Waals surface area contributed by atoms with E-state index in [9.17, 15) is 24.3 Å². The molecular weight excluding hydrogens is 502 g/mol. The van der Waals surface area contributed by atoms with Crippen LogP contribution in [0.15, 0.2) is 72.8 Å². The molecule has 1 aromatic heterocycles. The number of carbonyl (C=O) groups excluding carboxylic acids is 4. The van der Waals surface area contributed by atoms with Crippen LogP contribution in [0.25, 0.3) is 10.9 Å². The molecule has 1 heterocycles. The fourth-order valence-electron chi connectivity index (χ4n) is 3.70. The number of ether oxygens (including phenoxy) is 1. The highest BCUT2D eigenvalue weighted by molar-refractivity contribution is 6.18. The Labute approximate surface area is 224 Å². The van der Waals surface area contributed by atoms with Gasteiger partial charge in [-0.1, -0.05) is 30.3 Å². The van der Waals surface area contributed by atoms with Crippen LogP contribution >= 0.6 is 0 Å². The predicted molar refractivity (Wildman–Crippen MR) is 145 cm³/mol. The average molecular weight is 530 g/mol. The smallest absolute Gasteiger partial charge is 0.338 e. The van der Waals surface area contributed by atoms with Gasteiger partial charge in [-0.15, -0.1) is 4.73 Å². The van der Waals surface area contributed by atoms with Crippen LogP contribution in [0.5, 0.6) is 5.88 Å². The second-order valence-corrected chi connectivity index (χ2v) is 9.70. The largest absolute Gasteiger partial charge is 0.492 e. The van der Waals surface area contributed by atoms with Crippen LogP contribution in [0, 0.1) is 5.41 Å². The lowest BCUT2D eigenvalue weighted by Crippen LogP contribution is -2.31. The number of nitrogens with one attached hydrogen (secondary N) is 2. The van der Waals surface area contributed by atoms with Gasteiger partial charge in [-0.2, -0.15) is 0 Å². The molecule has 10 heteroatoms. The third-order valence-electron chi connectivity index (χ3n) is 5.77. The minimum absolute atomic E-state index is 0.0420. The van der Waals surface area contributed by atoms with E-state index in [1.54, 1.807) is 75.4 Å². The van der Waals surface area contributed by atoms with Gasteiger partial charge >= 0.3 is 18.0 Å². The molecule has 0 bridgehead atoms. The van der Waals surface area contributed by atoms with Gasteiger partial charge in [0, 0.05) is 22.3 Å². The summed E-state index contributed by atoms with van der Waals surface area (Å²) in [6, 6.07) is 18.5. The number of aromatic nitrogens is 1. The van der Waals surface area contributed by atoms with Crippen molar-refractivity contribution in [3.63, 3.8) is 0 Å². The molecule has 0 unspecified atom stereocenters. The Morgan fingerprint density at radius 1 is 0.821 bits per heavy atom. The number of amides is 2. The van der Waals surface area contributed by atoms with Gasteiger partial charge in [-0.25, -0.2) is 14.4 Å². The van der Waals surface area contributed by atoms with Gasteiger partial charge in [0.25, 0.3) is 0 Å². The zero-order valence-corrected chi connectivity index (χ0v) is 21.8. The van der Waals surface area contributed by atoms with Crippen LogP contribution in [0.4, 0.5) is 16.2 Å². The van der Waals surface area contributed by atoms with E-state index >= 15 is 0 Å². The van der Waals surface area contributed by atoms with Gasteiger partial charge in [-0.05, 0) is 63.2 Å². The number of urea groups is 1. The third kappa shape index (κ3) is 5.74. The molecule has 0 saturated carbocycles. The van der Waals surface area contributed by atoms with E-state index in [0.717, 1.165) is 4.73 Å². The van der Waals surface area contributed by atoms with Gasteiger partial charge in [-0.3, -0.25) is 4.79 Å². The number of benzene rings is 3. The predicted octanol–water partition coefficient (Wildman–Crippen LogP) is 5.01. The maximum Gasteiger partial charge on any atom is 0.338 e. The van der Waals surface area contributed by atoms with Crippen LogP contribution in [0.2, 0.25) is 0 Å². The normalized spacial score (nSPS) is 11.1. The van der Waals surface area contributed by atoms with Crippen molar-refractivity contribution in [2.24, 2.45) is 5.41 Å². The molecule has 4 rings (SSSR count). The number of aromatic hydroxyl groups is 1. The van der Waals surface area contributed by atoms with E-state index in [1.165, 1.54) is 25.3 Å². The molecule has 0 radical (unpaired) electrons. The Balaban J connectivity index is 1.67. The molecule has 0 aliphatic carbocycles. The molecule has 10 nitrogen and oxygen atoms in total. The van der Waals surface area contributed by atoms with E-state index in [-0.39, 0.29) is 11.1 Å². The molecule has 3 aromatic carbocycles. The zero-order chi connectivity index (χ0) is 28.3. The second-order valence-electron chi connectivity index (χ2n) is 9.70. The number of carbonyl (C=O) groups is 4. The van der Waals surface area contributed by atoms with Gasteiger partial charge in [0.1, 0.15) is 0 Å². The molecule has 0 atom stereocenters. The third-order valence-corrected chi connectivity index (χ3v) is 5.77. The van der Waals surface area contributed by atoms with E-state index in [4.69, 9.17) is 4.84 Å². The van der Waals surface area contributed by atoms with Crippen molar-refractivity contribution < 1.29 is 33.9 Å². The van der Waals surface area contributed by atoms with Crippen molar-refractivity contribution in [2.45, 2.75) is 20.8 Å². The summed E-state index contributed by atoms with van der Waals surface area (Å²) in [5.41, 5.74) is 0.664. The maximum absolute atomic E-state index is 13.3. The number of hydrogen-bond donors (Lipinski definition) is 3. The molecule has 200 valence electrons. The number of anilines is 2. The average Bonchev–Trinajstić information content (AvgIpc) is 3.18. The first-order chi connectivity index (χ1) is 18.5. The first-order valence-electron chi connectivity index (χ1n) is 12.0. The van der Waals surface area contributed by atoms with Crippen LogP contribution in [-0.2, 0) is 9.53 Å². The van der Waals surface area contributed by atoms with Crippen molar-refractivity contribution in [3.8, 4) is 5.88 Å². The molecule has 0 aliphatic heterocycles. The first-order valence-corrected chi connectivity index (χ1v) is 12.0. The van der Waals surface area contributed by atoms with Gasteiger partial charge in [0.15, 0.2) is 5.78 Å². The number of nitrogens with zero attached hydrogens (tertiary/aromatic N) is 1. The molecule has 0 saturated heterocycles. The van der Waals surface area contributed by atoms with E-state index in [0.29, 0.717) is 27.9 Å². The quantitative estimate of drug-likeness (QED) is 0.236. The summed E-state index contributed by atoms with van der Waals surface area (Å²) >= 11 is 0. The summed E-state index contributed by atoms with van der Waals surface area (Å²) in [5.74, 6) is -2.14. The van der Waals surface area contributed by atoms with Crippen molar-refractivity contribution in [1.82, 2.24) is 4.73 Å². The molecule has 2 amide bonds. The molecular formula is C29H27N3O7. The molecule has 3 N–H and O–H groups in total. The Morgan fingerprint density at radius 3 is 2.05 bits per heavy atom. The van der Waals surface area contributed by atoms with Crippen molar-refractivity contribution >= 4 is 46.0 Å². The summed E-state index contributed by atoms with van der Waals surface area (Å²) < 4.78 is 5.56. The monoisotopic (exact) mass is 529 g/mol. The summed E-state index contributed by atoms with van der Waals surface area (Å²) in [4.78, 5) is 55.7. The van der Waals surface area contributed by atoms with Gasteiger partial charge < -0.3 is 25.3 Å². The summed E-state index contributed by atoms with van der Waals surface area (Å²) in [5, 5.41) is 16.7. The van der Waals surface area contributed by atoms with Crippen LogP contribution < -0.4 is 15.5 Å². The number of fused-ring (bicyclic) bond motifs is 1. The lowest BCUT2D eigenvalue weighted by Gasteiger charge is -2.17.